The van der Waals surface area contributed by atoms with Crippen LogP contribution in [0.5, 0.6) is 0 Å². The van der Waals surface area contributed by atoms with E-state index in [9.17, 15) is 22.8 Å². The molecule has 1 N–H and O–H groups in total. The maximum Gasteiger partial charge on any atom is 0.255 e. The Balaban J connectivity index is 1.65. The van der Waals surface area contributed by atoms with Crippen molar-refractivity contribution in [1.29, 1.82) is 0 Å². The molecule has 0 aromatic heterocycles. The quantitative estimate of drug-likeness (QED) is 0.663. The van der Waals surface area contributed by atoms with E-state index in [1.165, 1.54) is 40.5 Å². The predicted molar refractivity (Wildman–Crippen MR) is 116 cm³/mol. The number of nitrogens with one attached hydrogen (secondary N) is 1. The van der Waals surface area contributed by atoms with Gasteiger partial charge in [-0.2, -0.15) is 4.31 Å². The van der Waals surface area contributed by atoms with Gasteiger partial charge in [0.05, 0.1) is 11.4 Å². The molecule has 1 aliphatic rings. The van der Waals surface area contributed by atoms with E-state index >= 15 is 0 Å². The zero-order valence-electron chi connectivity index (χ0n) is 17.7. The molecule has 3 rings (SSSR count). The molecule has 1 aliphatic heterocycles. The maximum absolute atomic E-state index is 12.5. The second-order valence-corrected chi connectivity index (χ2v) is 9.66. The van der Waals surface area contributed by atoms with E-state index in [-0.39, 0.29) is 48.0 Å². The van der Waals surface area contributed by atoms with Crippen LogP contribution in [0.15, 0.2) is 53.4 Å². The summed E-state index contributed by atoms with van der Waals surface area (Å²) in [5.41, 5.74) is 1.62. The largest absolute Gasteiger partial charge is 0.322 e. The summed E-state index contributed by atoms with van der Waals surface area (Å²) in [5.74, 6) is -0.719. The number of carbonyl (C=O) groups excluding carboxylic acids is 3. The molecule has 0 atom stereocenters. The van der Waals surface area contributed by atoms with Crippen LogP contribution < -0.4 is 5.32 Å². The molecule has 0 unspecified atom stereocenters. The number of benzene rings is 2. The fourth-order valence-electron chi connectivity index (χ4n) is 3.10. The highest BCUT2D eigenvalue weighted by atomic mass is 32.2. The van der Waals surface area contributed by atoms with Crippen LogP contribution in [0.4, 0.5) is 5.69 Å². The second-order valence-electron chi connectivity index (χ2n) is 7.66. The van der Waals surface area contributed by atoms with Crippen molar-refractivity contribution in [2.75, 3.05) is 12.4 Å². The highest BCUT2D eigenvalue weighted by Gasteiger charge is 2.28. The van der Waals surface area contributed by atoms with Crippen LogP contribution in [0, 0.1) is 0 Å². The summed E-state index contributed by atoms with van der Waals surface area (Å²) >= 11 is 0. The molecule has 0 aliphatic carbocycles. The lowest BCUT2D eigenvalue weighted by molar-refractivity contribution is -0.139. The topological polar surface area (TPSA) is 104 Å². The van der Waals surface area contributed by atoms with Gasteiger partial charge in [0, 0.05) is 37.2 Å². The maximum atomic E-state index is 12.5. The molecule has 2 aromatic carbocycles. The molecule has 1 fully saturated rings. The summed E-state index contributed by atoms with van der Waals surface area (Å²) < 4.78 is 26.3. The number of imide groups is 1. The van der Waals surface area contributed by atoms with Gasteiger partial charge < -0.3 is 5.32 Å². The van der Waals surface area contributed by atoms with Gasteiger partial charge in [0.1, 0.15) is 0 Å². The van der Waals surface area contributed by atoms with Crippen molar-refractivity contribution < 1.29 is 22.8 Å². The molecule has 31 heavy (non-hydrogen) atoms. The SMILES string of the molecule is CC(C)N(C)S(=O)(=O)c1ccc(NC(=O)c2ccc(CN3C(=O)CCC3=O)cc2)cc1. The zero-order chi connectivity index (χ0) is 22.8. The number of anilines is 1. The molecule has 164 valence electrons. The highest BCUT2D eigenvalue weighted by Crippen LogP contribution is 2.20. The van der Waals surface area contributed by atoms with Crippen molar-refractivity contribution in [3.05, 3.63) is 59.7 Å². The van der Waals surface area contributed by atoms with Crippen molar-refractivity contribution in [2.45, 2.75) is 44.2 Å². The van der Waals surface area contributed by atoms with Gasteiger partial charge in [0.2, 0.25) is 21.8 Å². The van der Waals surface area contributed by atoms with Crippen LogP contribution in [-0.2, 0) is 26.2 Å². The number of likely N-dealkylation sites (tertiary alicyclic amines) is 1. The summed E-state index contributed by atoms with van der Waals surface area (Å²) in [5, 5.41) is 2.73. The Hall–Kier alpha value is -3.04. The molecule has 1 saturated heterocycles. The van der Waals surface area contributed by atoms with E-state index in [0.29, 0.717) is 11.3 Å². The molecule has 9 heteroatoms. The lowest BCUT2D eigenvalue weighted by Gasteiger charge is -2.21. The summed E-state index contributed by atoms with van der Waals surface area (Å²) in [7, 11) is -2.07. The lowest BCUT2D eigenvalue weighted by Crippen LogP contribution is -2.33. The first-order valence-electron chi connectivity index (χ1n) is 9.91. The summed E-state index contributed by atoms with van der Waals surface area (Å²) in [6.07, 6.45) is 0.486. The molecule has 8 nitrogen and oxygen atoms in total. The van der Waals surface area contributed by atoms with Crippen molar-refractivity contribution in [2.24, 2.45) is 0 Å². The van der Waals surface area contributed by atoms with Crippen LogP contribution in [0.2, 0.25) is 0 Å². The summed E-state index contributed by atoms with van der Waals surface area (Å²) in [6.45, 7) is 3.77. The van der Waals surface area contributed by atoms with E-state index in [4.69, 9.17) is 0 Å². The molecular weight excluding hydrogens is 418 g/mol. The van der Waals surface area contributed by atoms with Crippen LogP contribution >= 0.6 is 0 Å². The molecular formula is C22H25N3O5S. The molecule has 3 amide bonds. The minimum absolute atomic E-state index is 0.150. The van der Waals surface area contributed by atoms with Gasteiger partial charge in [-0.1, -0.05) is 12.1 Å². The van der Waals surface area contributed by atoms with Crippen LogP contribution in [0.3, 0.4) is 0 Å². The van der Waals surface area contributed by atoms with E-state index in [1.807, 2.05) is 0 Å². The van der Waals surface area contributed by atoms with Gasteiger partial charge in [-0.15, -0.1) is 0 Å². The van der Waals surface area contributed by atoms with Crippen LogP contribution in [0.1, 0.15) is 42.6 Å². The van der Waals surface area contributed by atoms with E-state index in [0.717, 1.165) is 5.56 Å². The second kappa shape index (κ2) is 8.99. The van der Waals surface area contributed by atoms with Crippen LogP contribution in [-0.4, -0.2) is 48.4 Å². The Labute approximate surface area is 181 Å². The van der Waals surface area contributed by atoms with Gasteiger partial charge >= 0.3 is 0 Å². The third kappa shape index (κ3) is 5.00. The molecule has 0 saturated carbocycles. The first kappa shape index (κ1) is 22.6. The third-order valence-electron chi connectivity index (χ3n) is 5.23. The van der Waals surface area contributed by atoms with E-state index in [1.54, 1.807) is 38.1 Å². The normalized spacial score (nSPS) is 14.5. The Bertz CT molecular complexity index is 1080. The smallest absolute Gasteiger partial charge is 0.255 e. The fraction of sp³-hybridized carbons (Fsp3) is 0.318. The summed E-state index contributed by atoms with van der Waals surface area (Å²) in [4.78, 5) is 37.3. The average molecular weight is 444 g/mol. The first-order chi connectivity index (χ1) is 14.6. The number of rotatable bonds is 7. The number of sulfonamides is 1. The standard InChI is InChI=1S/C22H25N3O5S/c1-15(2)24(3)31(29,30)19-10-8-18(9-11-19)23-22(28)17-6-4-16(5-7-17)14-25-20(26)12-13-21(25)27/h4-11,15H,12-14H2,1-3H3,(H,23,28). The number of hydrogen-bond acceptors (Lipinski definition) is 5. The van der Waals surface area contributed by atoms with E-state index < -0.39 is 10.0 Å². The molecule has 0 radical (unpaired) electrons. The van der Waals surface area contributed by atoms with Gasteiger partial charge in [0.25, 0.3) is 5.91 Å². The van der Waals surface area contributed by atoms with Crippen molar-refractivity contribution in [1.82, 2.24) is 9.21 Å². The Kier molecular flexibility index (Phi) is 6.56. The molecule has 0 spiro atoms. The van der Waals surface area contributed by atoms with Crippen molar-refractivity contribution in [3.8, 4) is 0 Å². The minimum Gasteiger partial charge on any atom is -0.322 e. The monoisotopic (exact) mass is 443 g/mol. The molecule has 2 aromatic rings. The average Bonchev–Trinajstić information content (AvgIpc) is 3.06. The van der Waals surface area contributed by atoms with Gasteiger partial charge in [-0.05, 0) is 55.8 Å². The molecule has 0 bridgehead atoms. The third-order valence-corrected chi connectivity index (χ3v) is 7.28. The zero-order valence-corrected chi connectivity index (χ0v) is 18.5. The number of carbonyl (C=O) groups is 3. The van der Waals surface area contributed by atoms with Crippen molar-refractivity contribution in [3.63, 3.8) is 0 Å². The highest BCUT2D eigenvalue weighted by molar-refractivity contribution is 7.89. The minimum atomic E-state index is -3.59. The predicted octanol–water partition coefficient (Wildman–Crippen LogP) is 2.62. The van der Waals surface area contributed by atoms with Crippen molar-refractivity contribution >= 4 is 33.4 Å². The van der Waals surface area contributed by atoms with Gasteiger partial charge in [-0.3, -0.25) is 19.3 Å². The van der Waals surface area contributed by atoms with Crippen LogP contribution in [0.25, 0.3) is 0 Å². The Morgan fingerprint density at radius 3 is 2.06 bits per heavy atom. The Morgan fingerprint density at radius 2 is 1.55 bits per heavy atom. The Morgan fingerprint density at radius 1 is 1.00 bits per heavy atom. The van der Waals surface area contributed by atoms with Gasteiger partial charge in [-0.25, -0.2) is 8.42 Å². The van der Waals surface area contributed by atoms with Gasteiger partial charge in [0.15, 0.2) is 0 Å². The number of amides is 3. The number of hydrogen-bond donors (Lipinski definition) is 1. The first-order valence-corrected chi connectivity index (χ1v) is 11.3. The fourth-order valence-corrected chi connectivity index (χ4v) is 4.47. The van der Waals surface area contributed by atoms with E-state index in [2.05, 4.69) is 5.32 Å². The lowest BCUT2D eigenvalue weighted by atomic mass is 10.1. The molecule has 1 heterocycles. The number of nitrogens with zero attached hydrogens (tertiary/aromatic N) is 2. The summed E-state index contributed by atoms with van der Waals surface area (Å²) in [6, 6.07) is 12.5.